The topological polar surface area (TPSA) is 76.0 Å². The van der Waals surface area contributed by atoms with E-state index < -0.39 is 5.82 Å². The van der Waals surface area contributed by atoms with Crippen molar-refractivity contribution in [1.82, 2.24) is 19.7 Å². The molecule has 184 valence electrons. The molecule has 6 nitrogen and oxygen atoms in total. The molecule has 1 aliphatic rings. The van der Waals surface area contributed by atoms with Crippen LogP contribution in [0.2, 0.25) is 5.02 Å². The van der Waals surface area contributed by atoms with E-state index in [-0.39, 0.29) is 17.0 Å². The summed E-state index contributed by atoms with van der Waals surface area (Å²) >= 11 is 6.38. The maximum absolute atomic E-state index is 14.3. The number of benzene rings is 1. The van der Waals surface area contributed by atoms with Crippen molar-refractivity contribution in [3.05, 3.63) is 64.5 Å². The number of fused-ring (bicyclic) bond motifs is 1. The molecule has 35 heavy (non-hydrogen) atoms. The number of nitrogens with zero attached hydrogens (tertiary/aromatic N) is 3. The van der Waals surface area contributed by atoms with Gasteiger partial charge in [0.1, 0.15) is 17.2 Å². The van der Waals surface area contributed by atoms with Crippen LogP contribution in [0.25, 0.3) is 22.2 Å². The maximum Gasteiger partial charge on any atom is 0.142 e. The number of methoxy groups -OCH3 is 1. The van der Waals surface area contributed by atoms with Crippen molar-refractivity contribution in [3.63, 3.8) is 0 Å². The minimum Gasteiger partial charge on any atom is -0.496 e. The molecule has 0 unspecified atom stereocenters. The second-order valence-electron chi connectivity index (χ2n) is 9.35. The Bertz CT molecular complexity index is 1360. The Kier molecular flexibility index (Phi) is 6.55. The Morgan fingerprint density at radius 1 is 1.29 bits per heavy atom. The number of aliphatic hydroxyl groups excluding tert-OH is 1. The molecule has 1 saturated carbocycles. The van der Waals surface area contributed by atoms with Crippen molar-refractivity contribution in [2.45, 2.75) is 64.0 Å². The van der Waals surface area contributed by atoms with Gasteiger partial charge >= 0.3 is 0 Å². The molecule has 1 aromatic carbocycles. The van der Waals surface area contributed by atoms with Gasteiger partial charge in [-0.05, 0) is 55.9 Å². The van der Waals surface area contributed by atoms with E-state index in [1.54, 1.807) is 13.2 Å². The van der Waals surface area contributed by atoms with Crippen LogP contribution >= 0.6 is 11.6 Å². The first-order valence-corrected chi connectivity index (χ1v) is 12.5. The zero-order chi connectivity index (χ0) is 24.7. The summed E-state index contributed by atoms with van der Waals surface area (Å²) in [6, 6.07) is 5.36. The molecule has 3 heterocycles. The highest BCUT2D eigenvalue weighted by atomic mass is 35.5. The Balaban J connectivity index is 1.55. The lowest BCUT2D eigenvalue weighted by Crippen LogP contribution is -2.21. The molecule has 8 heteroatoms. The van der Waals surface area contributed by atoms with E-state index in [1.807, 2.05) is 19.3 Å². The number of H-pyrrole nitrogens is 1. The SMILES string of the molecule is CCc1nn(C2CCC(O)CC2)cc1-c1cnc2[nH]cc([C@H](C)c3c(OC)ccc(F)c3Cl)c2c1. The molecule has 1 fully saturated rings. The molecular weight excluding hydrogens is 467 g/mol. The first-order chi connectivity index (χ1) is 16.9. The van der Waals surface area contributed by atoms with E-state index in [2.05, 4.69) is 33.8 Å². The zero-order valence-electron chi connectivity index (χ0n) is 20.2. The number of aliphatic hydroxyl groups is 1. The van der Waals surface area contributed by atoms with Crippen LogP contribution in [0.15, 0.2) is 36.8 Å². The van der Waals surface area contributed by atoms with E-state index in [4.69, 9.17) is 21.4 Å². The Morgan fingerprint density at radius 2 is 2.06 bits per heavy atom. The number of hydrogen-bond donors (Lipinski definition) is 2. The lowest BCUT2D eigenvalue weighted by atomic mass is 9.91. The summed E-state index contributed by atoms with van der Waals surface area (Å²) in [5.74, 6) is -0.140. The van der Waals surface area contributed by atoms with Gasteiger partial charge in [0.15, 0.2) is 0 Å². The van der Waals surface area contributed by atoms with Gasteiger partial charge in [-0.1, -0.05) is 25.4 Å². The van der Waals surface area contributed by atoms with Crippen molar-refractivity contribution < 1.29 is 14.2 Å². The number of hydrogen-bond acceptors (Lipinski definition) is 4. The van der Waals surface area contributed by atoms with Crippen LogP contribution < -0.4 is 4.74 Å². The largest absolute Gasteiger partial charge is 0.496 e. The molecule has 0 amide bonds. The molecule has 2 N–H and O–H groups in total. The summed E-state index contributed by atoms with van der Waals surface area (Å²) in [5.41, 5.74) is 5.41. The van der Waals surface area contributed by atoms with Gasteiger partial charge < -0.3 is 14.8 Å². The predicted octanol–water partition coefficient (Wildman–Crippen LogP) is 6.42. The number of aromatic nitrogens is 4. The first-order valence-electron chi connectivity index (χ1n) is 12.2. The molecule has 0 spiro atoms. The number of ether oxygens (including phenoxy) is 1. The molecule has 0 saturated heterocycles. The lowest BCUT2D eigenvalue weighted by molar-refractivity contribution is 0.108. The smallest absolute Gasteiger partial charge is 0.142 e. The van der Waals surface area contributed by atoms with Crippen LogP contribution in [0.1, 0.15) is 68.3 Å². The summed E-state index contributed by atoms with van der Waals surface area (Å²) in [6.45, 7) is 4.10. The monoisotopic (exact) mass is 496 g/mol. The highest BCUT2D eigenvalue weighted by molar-refractivity contribution is 6.31. The predicted molar refractivity (Wildman–Crippen MR) is 136 cm³/mol. The van der Waals surface area contributed by atoms with Gasteiger partial charge in [-0.3, -0.25) is 4.68 Å². The third-order valence-corrected chi connectivity index (χ3v) is 7.65. The third-order valence-electron chi connectivity index (χ3n) is 7.27. The molecule has 0 bridgehead atoms. The highest BCUT2D eigenvalue weighted by Crippen LogP contribution is 2.41. The van der Waals surface area contributed by atoms with Crippen LogP contribution in [0.4, 0.5) is 4.39 Å². The van der Waals surface area contributed by atoms with Gasteiger partial charge in [-0.2, -0.15) is 5.10 Å². The standard InChI is InChI=1S/C27H30ClFN4O2/c1-4-23-21(14-33(32-23)17-5-7-18(34)8-6-17)16-11-19-20(13-31-27(19)30-12-16)15(2)25-24(35-3)10-9-22(29)26(25)28/h9-15,17-18,34H,4-8H2,1-3H3,(H,30,31)/t15-,17?,18?/m0/s1. The third kappa shape index (κ3) is 4.32. The number of aryl methyl sites for hydroxylation is 1. The summed E-state index contributed by atoms with van der Waals surface area (Å²) in [7, 11) is 1.56. The van der Waals surface area contributed by atoms with Gasteiger partial charge in [0.05, 0.1) is 30.0 Å². The van der Waals surface area contributed by atoms with Crippen LogP contribution in [0.5, 0.6) is 5.75 Å². The van der Waals surface area contributed by atoms with Crippen LogP contribution in [-0.4, -0.2) is 38.1 Å². The number of pyridine rings is 1. The summed E-state index contributed by atoms with van der Waals surface area (Å²) in [5, 5.41) is 15.8. The number of rotatable bonds is 6. The van der Waals surface area contributed by atoms with Crippen LogP contribution in [0, 0.1) is 5.82 Å². The van der Waals surface area contributed by atoms with Crippen molar-refractivity contribution in [3.8, 4) is 16.9 Å². The second kappa shape index (κ2) is 9.63. The molecule has 3 aromatic heterocycles. The van der Waals surface area contributed by atoms with E-state index in [0.29, 0.717) is 17.4 Å². The Morgan fingerprint density at radius 3 is 2.77 bits per heavy atom. The first kappa shape index (κ1) is 23.8. The minimum absolute atomic E-state index is 0.0717. The quantitative estimate of drug-likeness (QED) is 0.323. The fraction of sp³-hybridized carbons (Fsp3) is 0.407. The normalized spacial score (nSPS) is 19.3. The highest BCUT2D eigenvalue weighted by Gasteiger charge is 2.25. The molecule has 0 aliphatic heterocycles. The second-order valence-corrected chi connectivity index (χ2v) is 9.73. The summed E-state index contributed by atoms with van der Waals surface area (Å²) in [4.78, 5) is 7.93. The molecule has 0 radical (unpaired) electrons. The number of halogens is 2. The fourth-order valence-electron chi connectivity index (χ4n) is 5.26. The Hall–Kier alpha value is -2.90. The van der Waals surface area contributed by atoms with E-state index in [1.165, 1.54) is 6.07 Å². The average Bonchev–Trinajstić information content (AvgIpc) is 3.49. The van der Waals surface area contributed by atoms with Crippen molar-refractivity contribution in [2.24, 2.45) is 0 Å². The van der Waals surface area contributed by atoms with Crippen LogP contribution in [-0.2, 0) is 6.42 Å². The molecule has 1 atom stereocenters. The van der Waals surface area contributed by atoms with Gasteiger partial charge in [0, 0.05) is 46.6 Å². The summed E-state index contributed by atoms with van der Waals surface area (Å²) < 4.78 is 21.9. The van der Waals surface area contributed by atoms with Crippen molar-refractivity contribution in [1.29, 1.82) is 0 Å². The Labute approximate surface area is 209 Å². The molecule has 4 aromatic rings. The van der Waals surface area contributed by atoms with Crippen molar-refractivity contribution in [2.75, 3.05) is 7.11 Å². The number of aromatic amines is 1. The lowest BCUT2D eigenvalue weighted by Gasteiger charge is -2.25. The van der Waals surface area contributed by atoms with Gasteiger partial charge in [-0.15, -0.1) is 0 Å². The maximum atomic E-state index is 14.3. The molecular formula is C27H30ClFN4O2. The van der Waals surface area contributed by atoms with Gasteiger partial charge in [0.25, 0.3) is 0 Å². The molecule has 5 rings (SSSR count). The van der Waals surface area contributed by atoms with Gasteiger partial charge in [0.2, 0.25) is 0 Å². The molecule has 1 aliphatic carbocycles. The number of nitrogens with one attached hydrogen (secondary N) is 1. The van der Waals surface area contributed by atoms with Gasteiger partial charge in [-0.25, -0.2) is 9.37 Å². The van der Waals surface area contributed by atoms with Crippen LogP contribution in [0.3, 0.4) is 0 Å². The van der Waals surface area contributed by atoms with E-state index >= 15 is 0 Å². The summed E-state index contributed by atoms with van der Waals surface area (Å²) in [6.07, 6.45) is 9.98. The van der Waals surface area contributed by atoms with E-state index in [0.717, 1.165) is 65.5 Å². The van der Waals surface area contributed by atoms with E-state index in [9.17, 15) is 9.50 Å². The fourth-order valence-corrected chi connectivity index (χ4v) is 5.58. The average molecular weight is 497 g/mol. The minimum atomic E-state index is -0.469. The zero-order valence-corrected chi connectivity index (χ0v) is 20.9. The van der Waals surface area contributed by atoms with Crippen molar-refractivity contribution >= 4 is 22.6 Å².